The number of likely N-dealkylation sites (N-methyl/N-ethyl adjacent to an activating group) is 1. The first-order chi connectivity index (χ1) is 15.5. The lowest BCUT2D eigenvalue weighted by Gasteiger charge is -2.26. The summed E-state index contributed by atoms with van der Waals surface area (Å²) >= 11 is 0. The van der Waals surface area contributed by atoms with Crippen LogP contribution in [0.1, 0.15) is 42.9 Å². The Kier molecular flexibility index (Phi) is 5.42. The molecule has 0 amide bonds. The Balaban J connectivity index is 1.42. The van der Waals surface area contributed by atoms with Crippen LogP contribution in [-0.4, -0.2) is 56.4 Å². The molecule has 2 aliphatic rings. The zero-order valence-electron chi connectivity index (χ0n) is 18.4. The maximum Gasteiger partial charge on any atom is 0.306 e. The molecule has 32 heavy (non-hydrogen) atoms. The third kappa shape index (κ3) is 3.88. The van der Waals surface area contributed by atoms with Crippen molar-refractivity contribution in [3.05, 3.63) is 35.7 Å². The van der Waals surface area contributed by atoms with E-state index in [1.54, 1.807) is 19.5 Å². The van der Waals surface area contributed by atoms with Gasteiger partial charge in [-0.2, -0.15) is 10.1 Å². The zero-order valence-corrected chi connectivity index (χ0v) is 18.4. The average Bonchev–Trinajstić information content (AvgIpc) is 3.22. The molecule has 9 heteroatoms. The predicted molar refractivity (Wildman–Crippen MR) is 120 cm³/mol. The van der Waals surface area contributed by atoms with E-state index in [0.29, 0.717) is 18.8 Å². The first-order valence-corrected chi connectivity index (χ1v) is 11.1. The molecule has 2 aromatic heterocycles. The maximum atomic E-state index is 11.3. The molecule has 3 aromatic rings. The first kappa shape index (κ1) is 20.7. The summed E-state index contributed by atoms with van der Waals surface area (Å²) in [6, 6.07) is 4.38. The minimum atomic E-state index is -0.701. The van der Waals surface area contributed by atoms with E-state index in [1.807, 2.05) is 4.68 Å². The Morgan fingerprint density at radius 2 is 2.00 bits per heavy atom. The molecule has 0 spiro atoms. The van der Waals surface area contributed by atoms with Crippen LogP contribution in [0.4, 0.5) is 11.6 Å². The molecule has 0 bridgehead atoms. The second-order valence-corrected chi connectivity index (χ2v) is 8.84. The molecule has 0 atom stereocenters. The molecule has 3 heterocycles. The second-order valence-electron chi connectivity index (χ2n) is 8.84. The van der Waals surface area contributed by atoms with Gasteiger partial charge >= 0.3 is 5.97 Å². The van der Waals surface area contributed by atoms with Gasteiger partial charge in [-0.05, 0) is 62.4 Å². The van der Waals surface area contributed by atoms with Crippen molar-refractivity contribution >= 4 is 28.6 Å². The average molecular weight is 437 g/mol. The van der Waals surface area contributed by atoms with E-state index in [-0.39, 0.29) is 12.0 Å². The molecule has 0 radical (unpaired) electrons. The van der Waals surface area contributed by atoms with Gasteiger partial charge in [0.1, 0.15) is 5.75 Å². The van der Waals surface area contributed by atoms with E-state index in [9.17, 15) is 9.90 Å². The number of benzene rings is 1. The molecule has 1 aliphatic carbocycles. The summed E-state index contributed by atoms with van der Waals surface area (Å²) in [7, 11) is 3.80. The Hall–Kier alpha value is -3.20. The first-order valence-electron chi connectivity index (χ1n) is 11.1. The van der Waals surface area contributed by atoms with Crippen molar-refractivity contribution in [3.63, 3.8) is 0 Å². The van der Waals surface area contributed by atoms with Crippen LogP contribution in [0.2, 0.25) is 0 Å². The van der Waals surface area contributed by atoms with Crippen LogP contribution in [-0.2, 0) is 17.8 Å². The van der Waals surface area contributed by atoms with Gasteiger partial charge in [-0.15, -0.1) is 0 Å². The lowest BCUT2D eigenvalue weighted by Crippen LogP contribution is -2.26. The molecule has 1 aromatic carbocycles. The number of nitrogens with one attached hydrogen (secondary N) is 1. The minimum absolute atomic E-state index is 0.152. The highest BCUT2D eigenvalue weighted by atomic mass is 16.5. The van der Waals surface area contributed by atoms with Gasteiger partial charge in [0.15, 0.2) is 5.65 Å². The maximum absolute atomic E-state index is 11.3. The lowest BCUT2D eigenvalue weighted by atomic mass is 9.86. The number of hydrogen-bond donors (Lipinski definition) is 2. The summed E-state index contributed by atoms with van der Waals surface area (Å²) < 4.78 is 7.56. The van der Waals surface area contributed by atoms with E-state index in [1.165, 1.54) is 11.1 Å². The lowest BCUT2D eigenvalue weighted by molar-refractivity contribution is -0.143. The number of rotatable bonds is 5. The third-order valence-electron chi connectivity index (χ3n) is 6.70. The van der Waals surface area contributed by atoms with Crippen LogP contribution >= 0.6 is 0 Å². The number of carboxylic acid groups (broad SMARTS) is 1. The summed E-state index contributed by atoms with van der Waals surface area (Å²) in [5.74, 6) is 0.307. The van der Waals surface area contributed by atoms with Crippen molar-refractivity contribution < 1.29 is 14.6 Å². The third-order valence-corrected chi connectivity index (χ3v) is 6.70. The van der Waals surface area contributed by atoms with Crippen molar-refractivity contribution in [2.24, 2.45) is 5.92 Å². The number of aromatic nitrogens is 4. The Bertz CT molecular complexity index is 1150. The fourth-order valence-electron chi connectivity index (χ4n) is 4.85. The Morgan fingerprint density at radius 3 is 2.75 bits per heavy atom. The summed E-state index contributed by atoms with van der Waals surface area (Å²) in [4.78, 5) is 22.8. The number of ether oxygens (including phenoxy) is 1. The highest BCUT2D eigenvalue weighted by Crippen LogP contribution is 2.35. The van der Waals surface area contributed by atoms with Gasteiger partial charge in [-0.1, -0.05) is 0 Å². The highest BCUT2D eigenvalue weighted by Gasteiger charge is 2.28. The molecule has 1 saturated carbocycles. The quantitative estimate of drug-likeness (QED) is 0.627. The molecule has 2 N–H and O–H groups in total. The van der Waals surface area contributed by atoms with Crippen LogP contribution < -0.4 is 10.1 Å². The number of nitrogens with zero attached hydrogens (tertiary/aromatic N) is 5. The number of carboxylic acids is 1. The molecule has 168 valence electrons. The highest BCUT2D eigenvalue weighted by molar-refractivity contribution is 5.76. The van der Waals surface area contributed by atoms with Gasteiger partial charge in [0.25, 0.3) is 0 Å². The largest absolute Gasteiger partial charge is 0.495 e. The van der Waals surface area contributed by atoms with E-state index in [0.717, 1.165) is 54.8 Å². The summed E-state index contributed by atoms with van der Waals surface area (Å²) in [5, 5.41) is 18.0. The summed E-state index contributed by atoms with van der Waals surface area (Å²) in [6.07, 6.45) is 7.46. The summed E-state index contributed by atoms with van der Waals surface area (Å²) in [6.45, 7) is 1.95. The molecule has 0 unspecified atom stereocenters. The van der Waals surface area contributed by atoms with Crippen LogP contribution in [0.15, 0.2) is 24.5 Å². The summed E-state index contributed by atoms with van der Waals surface area (Å²) in [5.41, 5.74) is 4.20. The topological polar surface area (TPSA) is 105 Å². The van der Waals surface area contributed by atoms with Crippen molar-refractivity contribution in [1.29, 1.82) is 0 Å². The van der Waals surface area contributed by atoms with Crippen molar-refractivity contribution in [1.82, 2.24) is 24.6 Å². The normalized spacial score (nSPS) is 21.3. The van der Waals surface area contributed by atoms with Crippen LogP contribution in [0.3, 0.4) is 0 Å². The SMILES string of the molecule is COc1cc2c(cc1Nc1ncc3cnn([C@H]4CC[C@@H](C(=O)O)CC4)c3n1)CN(C)CC2. The number of methoxy groups -OCH3 is 1. The number of carbonyl (C=O) groups is 1. The second kappa shape index (κ2) is 8.38. The predicted octanol–water partition coefficient (Wildman–Crippen LogP) is 3.38. The number of hydrogen-bond acceptors (Lipinski definition) is 7. The van der Waals surface area contributed by atoms with Gasteiger partial charge < -0.3 is 20.1 Å². The van der Waals surface area contributed by atoms with E-state index in [2.05, 4.69) is 39.5 Å². The van der Waals surface area contributed by atoms with Gasteiger partial charge in [-0.3, -0.25) is 4.79 Å². The zero-order chi connectivity index (χ0) is 22.2. The van der Waals surface area contributed by atoms with Crippen molar-refractivity contribution in [2.75, 3.05) is 26.0 Å². The van der Waals surface area contributed by atoms with Crippen molar-refractivity contribution in [3.8, 4) is 5.75 Å². The number of aliphatic carboxylic acids is 1. The van der Waals surface area contributed by atoms with Gasteiger partial charge in [0.2, 0.25) is 5.95 Å². The van der Waals surface area contributed by atoms with Crippen molar-refractivity contribution in [2.45, 2.75) is 44.7 Å². The minimum Gasteiger partial charge on any atom is -0.495 e. The fourth-order valence-corrected chi connectivity index (χ4v) is 4.85. The monoisotopic (exact) mass is 436 g/mol. The fraction of sp³-hybridized carbons (Fsp3) is 0.478. The van der Waals surface area contributed by atoms with E-state index >= 15 is 0 Å². The smallest absolute Gasteiger partial charge is 0.306 e. The number of fused-ring (bicyclic) bond motifs is 2. The molecular formula is C23H28N6O3. The molecule has 1 aliphatic heterocycles. The molecule has 9 nitrogen and oxygen atoms in total. The molecule has 1 fully saturated rings. The van der Waals surface area contributed by atoms with Crippen LogP contribution in [0, 0.1) is 5.92 Å². The van der Waals surface area contributed by atoms with E-state index < -0.39 is 5.97 Å². The standard InChI is InChI=1S/C23H28N6O3/c1-28-8-7-15-10-20(32-2)19(9-16(15)13-28)26-23-24-11-17-12-25-29(21(17)27-23)18-5-3-14(4-6-18)22(30)31/h9-12,14,18H,3-8,13H2,1-2H3,(H,30,31)(H,24,26,27)/t14-,18+. The van der Waals surface area contributed by atoms with Gasteiger partial charge in [0.05, 0.1) is 36.3 Å². The van der Waals surface area contributed by atoms with Gasteiger partial charge in [0, 0.05) is 19.3 Å². The van der Waals surface area contributed by atoms with Gasteiger partial charge in [-0.25, -0.2) is 9.67 Å². The van der Waals surface area contributed by atoms with Crippen LogP contribution in [0.25, 0.3) is 11.0 Å². The van der Waals surface area contributed by atoms with E-state index in [4.69, 9.17) is 9.72 Å². The van der Waals surface area contributed by atoms with Crippen LogP contribution in [0.5, 0.6) is 5.75 Å². The molecule has 5 rings (SSSR count). The molecule has 0 saturated heterocycles. The Labute approximate surface area is 186 Å². The number of anilines is 2. The molecular weight excluding hydrogens is 408 g/mol. The Morgan fingerprint density at radius 1 is 1.19 bits per heavy atom.